The number of nitrogens with two attached hydrogens (primary N) is 1. The molecule has 1 aromatic heterocycles. The second kappa shape index (κ2) is 5.85. The second-order valence-corrected chi connectivity index (χ2v) is 5.35. The van der Waals surface area contributed by atoms with Crippen molar-refractivity contribution < 1.29 is 8.78 Å². The van der Waals surface area contributed by atoms with Crippen LogP contribution in [0.3, 0.4) is 0 Å². The number of hydrogen-bond acceptors (Lipinski definition) is 2. The highest BCUT2D eigenvalue weighted by atomic mass is 19.2. The molecule has 1 heterocycles. The maximum atomic E-state index is 13.6. The summed E-state index contributed by atoms with van der Waals surface area (Å²) in [6.45, 7) is 3.14. The van der Waals surface area contributed by atoms with Gasteiger partial charge in [0.1, 0.15) is 5.82 Å². The van der Waals surface area contributed by atoms with E-state index in [2.05, 4.69) is 4.98 Å². The molecule has 22 heavy (non-hydrogen) atoms. The van der Waals surface area contributed by atoms with Crippen LogP contribution >= 0.6 is 0 Å². The lowest BCUT2D eigenvalue weighted by Gasteiger charge is -2.09. The van der Waals surface area contributed by atoms with Crippen molar-refractivity contribution in [3.8, 4) is 11.4 Å². The van der Waals surface area contributed by atoms with Gasteiger partial charge in [-0.15, -0.1) is 0 Å². The van der Waals surface area contributed by atoms with Crippen molar-refractivity contribution in [1.82, 2.24) is 9.55 Å². The standard InChI is InChI=1S/C17H17F2N3/c1-11-3-5-12(6-4-11)17-21-15-9-13(18)14(19)10-16(15)22(17)8-2-7-20/h3-6,9-10H,2,7-8,20H2,1H3. The minimum Gasteiger partial charge on any atom is -0.330 e. The molecule has 0 unspecified atom stereocenters. The number of nitrogens with zero attached hydrogens (tertiary/aromatic N) is 2. The van der Waals surface area contributed by atoms with E-state index in [1.54, 1.807) is 0 Å². The number of imidazole rings is 1. The Balaban J connectivity index is 2.21. The fraction of sp³-hybridized carbons (Fsp3) is 0.235. The highest BCUT2D eigenvalue weighted by Gasteiger charge is 2.15. The van der Waals surface area contributed by atoms with E-state index in [-0.39, 0.29) is 0 Å². The molecule has 0 aliphatic heterocycles. The van der Waals surface area contributed by atoms with Gasteiger partial charge in [-0.1, -0.05) is 29.8 Å². The van der Waals surface area contributed by atoms with E-state index < -0.39 is 11.6 Å². The minimum atomic E-state index is -0.883. The summed E-state index contributed by atoms with van der Waals surface area (Å²) in [5, 5.41) is 0. The first kappa shape index (κ1) is 14.7. The lowest BCUT2D eigenvalue weighted by atomic mass is 10.1. The van der Waals surface area contributed by atoms with Gasteiger partial charge in [0.05, 0.1) is 11.0 Å². The maximum Gasteiger partial charge on any atom is 0.161 e. The van der Waals surface area contributed by atoms with E-state index in [4.69, 9.17) is 5.73 Å². The van der Waals surface area contributed by atoms with Gasteiger partial charge in [-0.2, -0.15) is 0 Å². The molecule has 2 aromatic carbocycles. The van der Waals surface area contributed by atoms with Gasteiger partial charge >= 0.3 is 0 Å². The molecular weight excluding hydrogens is 284 g/mol. The Labute approximate surface area is 127 Å². The third-order valence-electron chi connectivity index (χ3n) is 3.69. The van der Waals surface area contributed by atoms with E-state index in [9.17, 15) is 8.78 Å². The molecule has 0 saturated heterocycles. The molecule has 0 aliphatic carbocycles. The minimum absolute atomic E-state index is 0.450. The SMILES string of the molecule is Cc1ccc(-c2nc3cc(F)c(F)cc3n2CCCN)cc1. The van der Waals surface area contributed by atoms with Crippen LogP contribution in [0.5, 0.6) is 0 Å². The Kier molecular flexibility index (Phi) is 3.90. The molecule has 3 aromatic rings. The third-order valence-corrected chi connectivity index (χ3v) is 3.69. The third kappa shape index (κ3) is 2.60. The van der Waals surface area contributed by atoms with Crippen LogP contribution in [-0.2, 0) is 6.54 Å². The number of benzene rings is 2. The van der Waals surface area contributed by atoms with E-state index in [1.807, 2.05) is 35.8 Å². The van der Waals surface area contributed by atoms with Crippen molar-refractivity contribution in [2.75, 3.05) is 6.54 Å². The number of aryl methyl sites for hydroxylation is 2. The molecule has 0 radical (unpaired) electrons. The van der Waals surface area contributed by atoms with Gasteiger partial charge in [0.25, 0.3) is 0 Å². The van der Waals surface area contributed by atoms with E-state index in [1.165, 1.54) is 6.07 Å². The Morgan fingerprint density at radius 1 is 1.09 bits per heavy atom. The highest BCUT2D eigenvalue weighted by molar-refractivity contribution is 5.81. The predicted molar refractivity (Wildman–Crippen MR) is 83.5 cm³/mol. The van der Waals surface area contributed by atoms with Gasteiger partial charge in [0.2, 0.25) is 0 Å². The lowest BCUT2D eigenvalue weighted by Crippen LogP contribution is -2.07. The molecule has 0 fully saturated rings. The van der Waals surface area contributed by atoms with E-state index in [0.717, 1.165) is 23.6 Å². The van der Waals surface area contributed by atoms with E-state index >= 15 is 0 Å². The second-order valence-electron chi connectivity index (χ2n) is 5.35. The predicted octanol–water partition coefficient (Wildman–Crippen LogP) is 3.64. The summed E-state index contributed by atoms with van der Waals surface area (Å²) in [5.41, 5.74) is 8.68. The normalized spacial score (nSPS) is 11.3. The molecule has 0 spiro atoms. The van der Waals surface area contributed by atoms with Crippen LogP contribution in [0.1, 0.15) is 12.0 Å². The largest absolute Gasteiger partial charge is 0.330 e. The van der Waals surface area contributed by atoms with Crippen LogP contribution in [0.25, 0.3) is 22.4 Å². The molecule has 3 rings (SSSR count). The summed E-state index contributed by atoms with van der Waals surface area (Å²) in [6, 6.07) is 10.2. The first-order valence-corrected chi connectivity index (χ1v) is 7.22. The Bertz CT molecular complexity index is 807. The number of aromatic nitrogens is 2. The van der Waals surface area contributed by atoms with Crippen molar-refractivity contribution in [1.29, 1.82) is 0 Å². The van der Waals surface area contributed by atoms with Gasteiger partial charge in [-0.05, 0) is 19.9 Å². The molecule has 114 valence electrons. The van der Waals surface area contributed by atoms with Crippen LogP contribution in [0, 0.1) is 18.6 Å². The molecular formula is C17H17F2N3. The summed E-state index contributed by atoms with van der Waals surface area (Å²) >= 11 is 0. The molecule has 0 bridgehead atoms. The molecule has 5 heteroatoms. The smallest absolute Gasteiger partial charge is 0.161 e. The van der Waals surface area contributed by atoms with Gasteiger partial charge in [-0.3, -0.25) is 0 Å². The van der Waals surface area contributed by atoms with Gasteiger partial charge in [0.15, 0.2) is 11.6 Å². The van der Waals surface area contributed by atoms with Crippen molar-refractivity contribution in [3.63, 3.8) is 0 Å². The van der Waals surface area contributed by atoms with Crippen molar-refractivity contribution in [3.05, 3.63) is 53.6 Å². The zero-order valence-corrected chi connectivity index (χ0v) is 12.3. The molecule has 0 amide bonds. The molecule has 0 atom stereocenters. The van der Waals surface area contributed by atoms with Crippen LogP contribution in [0.4, 0.5) is 8.78 Å². The number of fused-ring (bicyclic) bond motifs is 1. The quantitative estimate of drug-likeness (QED) is 0.799. The maximum absolute atomic E-state index is 13.6. The zero-order valence-electron chi connectivity index (χ0n) is 12.3. The van der Waals surface area contributed by atoms with Gasteiger partial charge in [-0.25, -0.2) is 13.8 Å². The first-order chi connectivity index (χ1) is 10.6. The average Bonchev–Trinajstić information content (AvgIpc) is 2.84. The first-order valence-electron chi connectivity index (χ1n) is 7.22. The van der Waals surface area contributed by atoms with Gasteiger partial charge in [0, 0.05) is 24.2 Å². The molecule has 0 saturated carbocycles. The Morgan fingerprint density at radius 2 is 1.77 bits per heavy atom. The average molecular weight is 301 g/mol. The van der Waals surface area contributed by atoms with Crippen LogP contribution in [0.15, 0.2) is 36.4 Å². The number of hydrogen-bond donors (Lipinski definition) is 1. The molecule has 2 N–H and O–H groups in total. The fourth-order valence-electron chi connectivity index (χ4n) is 2.52. The number of halogens is 2. The van der Waals surface area contributed by atoms with Crippen molar-refractivity contribution in [2.24, 2.45) is 5.73 Å². The summed E-state index contributed by atoms with van der Waals surface area (Å²) < 4.78 is 28.9. The lowest BCUT2D eigenvalue weighted by molar-refractivity contribution is 0.510. The monoisotopic (exact) mass is 301 g/mol. The van der Waals surface area contributed by atoms with Crippen LogP contribution in [0.2, 0.25) is 0 Å². The molecule has 3 nitrogen and oxygen atoms in total. The van der Waals surface area contributed by atoms with Gasteiger partial charge < -0.3 is 10.3 Å². The Hall–Kier alpha value is -2.27. The summed E-state index contributed by atoms with van der Waals surface area (Å²) in [5.74, 6) is -1.04. The van der Waals surface area contributed by atoms with Crippen molar-refractivity contribution in [2.45, 2.75) is 19.9 Å². The molecule has 0 aliphatic rings. The van der Waals surface area contributed by atoms with Crippen LogP contribution < -0.4 is 5.73 Å². The van der Waals surface area contributed by atoms with Crippen molar-refractivity contribution >= 4 is 11.0 Å². The zero-order chi connectivity index (χ0) is 15.7. The summed E-state index contributed by atoms with van der Waals surface area (Å²) in [6.07, 6.45) is 0.739. The topological polar surface area (TPSA) is 43.8 Å². The summed E-state index contributed by atoms with van der Waals surface area (Å²) in [7, 11) is 0. The fourth-order valence-corrected chi connectivity index (χ4v) is 2.52. The summed E-state index contributed by atoms with van der Waals surface area (Å²) in [4.78, 5) is 4.48. The van der Waals surface area contributed by atoms with Crippen LogP contribution in [-0.4, -0.2) is 16.1 Å². The Morgan fingerprint density at radius 3 is 2.45 bits per heavy atom. The van der Waals surface area contributed by atoms with E-state index in [0.29, 0.717) is 29.9 Å². The number of rotatable bonds is 4. The highest BCUT2D eigenvalue weighted by Crippen LogP contribution is 2.27.